The van der Waals surface area contributed by atoms with E-state index in [1.807, 2.05) is 29.4 Å². The van der Waals surface area contributed by atoms with Gasteiger partial charge in [-0.05, 0) is 48.8 Å². The Bertz CT molecular complexity index is 874. The number of carbonyl (C=O) groups is 2. The molecule has 0 aromatic heterocycles. The van der Waals surface area contributed by atoms with E-state index in [4.69, 9.17) is 23.2 Å². The third-order valence-corrected chi connectivity index (χ3v) is 6.29. The van der Waals surface area contributed by atoms with Crippen molar-refractivity contribution in [3.63, 3.8) is 0 Å². The number of halogens is 2. The Hall–Kier alpha value is -1.89. The lowest BCUT2D eigenvalue weighted by Gasteiger charge is -2.37. The van der Waals surface area contributed by atoms with Crippen LogP contribution < -0.4 is 10.2 Å². The molecule has 0 saturated carbocycles. The molecular weight excluding hydrogens is 441 g/mol. The topological polar surface area (TPSA) is 52.7 Å². The molecule has 5 nitrogen and oxygen atoms in total. The van der Waals surface area contributed by atoms with E-state index in [9.17, 15) is 9.59 Å². The molecule has 1 N–H and O–H groups in total. The number of hydrogen-bond acceptors (Lipinski definition) is 4. The molecule has 0 aliphatic carbocycles. The molecule has 1 heterocycles. The minimum absolute atomic E-state index is 0.0461. The lowest BCUT2D eigenvalue weighted by atomic mass is 10.1. The summed E-state index contributed by atoms with van der Waals surface area (Å²) in [6, 6.07) is 14.3. The summed E-state index contributed by atoms with van der Waals surface area (Å²) in [5, 5.41) is 3.62. The fourth-order valence-corrected chi connectivity index (χ4v) is 4.41. The molecule has 8 heteroatoms. The summed E-state index contributed by atoms with van der Waals surface area (Å²) in [6.07, 6.45) is 2.55. The Morgan fingerprint density at radius 1 is 1.07 bits per heavy atom. The monoisotopic (exact) mass is 465 g/mol. The summed E-state index contributed by atoms with van der Waals surface area (Å²) < 4.78 is 0. The molecule has 30 heavy (non-hydrogen) atoms. The van der Waals surface area contributed by atoms with Crippen LogP contribution >= 0.6 is 35.0 Å². The zero-order chi connectivity index (χ0) is 21.5. The summed E-state index contributed by atoms with van der Waals surface area (Å²) in [6.45, 7) is 2.78. The summed E-state index contributed by atoms with van der Waals surface area (Å²) in [5.41, 5.74) is 1.48. The van der Waals surface area contributed by atoms with Crippen LogP contribution in [0.5, 0.6) is 0 Å². The van der Waals surface area contributed by atoms with Gasteiger partial charge in [0.2, 0.25) is 5.91 Å². The van der Waals surface area contributed by atoms with Gasteiger partial charge in [0.15, 0.2) is 0 Å². The number of rotatable bonds is 7. The van der Waals surface area contributed by atoms with Crippen molar-refractivity contribution in [2.24, 2.45) is 0 Å². The molecule has 1 atom stereocenters. The Kier molecular flexibility index (Phi) is 8.31. The van der Waals surface area contributed by atoms with Crippen LogP contribution in [0.15, 0.2) is 48.5 Å². The van der Waals surface area contributed by atoms with Crippen LogP contribution in [0, 0.1) is 0 Å². The SMILES string of the molecule is CSCCC(NC(=O)c1ccc(Cl)cc1Cl)C(=O)N1CCN(c2ccccc2)CC1. The average molecular weight is 466 g/mol. The van der Waals surface area contributed by atoms with Gasteiger partial charge in [-0.3, -0.25) is 9.59 Å². The largest absolute Gasteiger partial charge is 0.368 e. The van der Waals surface area contributed by atoms with Crippen molar-refractivity contribution in [2.45, 2.75) is 12.5 Å². The number of hydrogen-bond donors (Lipinski definition) is 1. The van der Waals surface area contributed by atoms with Crippen molar-refractivity contribution in [1.29, 1.82) is 0 Å². The lowest BCUT2D eigenvalue weighted by Crippen LogP contribution is -2.55. The van der Waals surface area contributed by atoms with Gasteiger partial charge >= 0.3 is 0 Å². The number of benzene rings is 2. The number of nitrogens with zero attached hydrogens (tertiary/aromatic N) is 2. The van der Waals surface area contributed by atoms with Crippen LogP contribution in [0.3, 0.4) is 0 Å². The summed E-state index contributed by atoms with van der Waals surface area (Å²) in [4.78, 5) is 30.0. The maximum atomic E-state index is 13.2. The number of thioether (sulfide) groups is 1. The summed E-state index contributed by atoms with van der Waals surface area (Å²) in [7, 11) is 0. The zero-order valence-corrected chi connectivity index (χ0v) is 19.1. The lowest BCUT2D eigenvalue weighted by molar-refractivity contribution is -0.133. The van der Waals surface area contributed by atoms with Gasteiger partial charge in [-0.1, -0.05) is 41.4 Å². The van der Waals surface area contributed by atoms with Crippen molar-refractivity contribution < 1.29 is 9.59 Å². The van der Waals surface area contributed by atoms with Crippen LogP contribution in [0.1, 0.15) is 16.8 Å². The van der Waals surface area contributed by atoms with Crippen LogP contribution in [-0.4, -0.2) is 60.9 Å². The molecule has 0 spiro atoms. The molecule has 2 aromatic carbocycles. The second-order valence-corrected chi connectivity index (χ2v) is 8.91. The van der Waals surface area contributed by atoms with Crippen molar-refractivity contribution >= 4 is 52.5 Å². The number of nitrogens with one attached hydrogen (secondary N) is 1. The second-order valence-electron chi connectivity index (χ2n) is 7.08. The Morgan fingerprint density at radius 3 is 2.40 bits per heavy atom. The van der Waals surface area contributed by atoms with E-state index in [2.05, 4.69) is 22.3 Å². The maximum absolute atomic E-state index is 13.2. The fraction of sp³-hybridized carbons (Fsp3) is 0.364. The van der Waals surface area contributed by atoms with E-state index in [-0.39, 0.29) is 16.8 Å². The number of carbonyl (C=O) groups excluding carboxylic acids is 2. The van der Waals surface area contributed by atoms with Gasteiger partial charge in [0.1, 0.15) is 6.04 Å². The minimum Gasteiger partial charge on any atom is -0.368 e. The molecule has 2 aromatic rings. The molecule has 0 bridgehead atoms. The quantitative estimate of drug-likeness (QED) is 0.665. The molecular formula is C22H25Cl2N3O2S. The van der Waals surface area contributed by atoms with Crippen LogP contribution in [0.4, 0.5) is 5.69 Å². The van der Waals surface area contributed by atoms with Crippen molar-refractivity contribution in [2.75, 3.05) is 43.1 Å². The fourth-order valence-electron chi connectivity index (χ4n) is 3.45. The van der Waals surface area contributed by atoms with Crippen LogP contribution in [0.2, 0.25) is 10.0 Å². The Labute approximate surface area is 191 Å². The highest BCUT2D eigenvalue weighted by atomic mass is 35.5. The predicted octanol–water partition coefficient (Wildman–Crippen LogP) is 4.19. The third-order valence-electron chi connectivity index (χ3n) is 5.10. The van der Waals surface area contributed by atoms with Gasteiger partial charge < -0.3 is 15.1 Å². The number of anilines is 1. The van der Waals surface area contributed by atoms with E-state index in [1.54, 1.807) is 23.9 Å². The molecule has 1 aliphatic rings. The number of amides is 2. The highest BCUT2D eigenvalue weighted by Gasteiger charge is 2.29. The molecule has 0 radical (unpaired) electrons. The molecule has 1 unspecified atom stereocenters. The molecule has 3 rings (SSSR count). The van der Waals surface area contributed by atoms with E-state index in [0.717, 1.165) is 24.5 Å². The van der Waals surface area contributed by atoms with E-state index < -0.39 is 6.04 Å². The first kappa shape index (κ1) is 22.8. The van der Waals surface area contributed by atoms with Crippen LogP contribution in [0.25, 0.3) is 0 Å². The first-order valence-electron chi connectivity index (χ1n) is 9.83. The van der Waals surface area contributed by atoms with Gasteiger partial charge in [-0.25, -0.2) is 0 Å². The molecule has 2 amide bonds. The normalized spacial score (nSPS) is 15.0. The second kappa shape index (κ2) is 10.9. The molecule has 1 saturated heterocycles. The van der Waals surface area contributed by atoms with Gasteiger partial charge in [0.05, 0.1) is 10.6 Å². The minimum atomic E-state index is -0.583. The smallest absolute Gasteiger partial charge is 0.253 e. The van der Waals surface area contributed by atoms with Crippen molar-refractivity contribution in [3.8, 4) is 0 Å². The number of piperazine rings is 1. The van der Waals surface area contributed by atoms with Crippen molar-refractivity contribution in [3.05, 3.63) is 64.1 Å². The molecule has 160 valence electrons. The summed E-state index contributed by atoms with van der Waals surface area (Å²) >= 11 is 13.7. The van der Waals surface area contributed by atoms with Gasteiger partial charge in [0, 0.05) is 36.9 Å². The molecule has 1 fully saturated rings. The summed E-state index contributed by atoms with van der Waals surface area (Å²) in [5.74, 6) is 0.365. The van der Waals surface area contributed by atoms with Crippen LogP contribution in [-0.2, 0) is 4.79 Å². The van der Waals surface area contributed by atoms with E-state index in [1.165, 1.54) is 6.07 Å². The highest BCUT2D eigenvalue weighted by molar-refractivity contribution is 7.98. The highest BCUT2D eigenvalue weighted by Crippen LogP contribution is 2.21. The average Bonchev–Trinajstić information content (AvgIpc) is 2.76. The van der Waals surface area contributed by atoms with Gasteiger partial charge in [0.25, 0.3) is 5.91 Å². The van der Waals surface area contributed by atoms with E-state index in [0.29, 0.717) is 30.1 Å². The van der Waals surface area contributed by atoms with Gasteiger partial charge in [-0.15, -0.1) is 0 Å². The third kappa shape index (κ3) is 5.84. The predicted molar refractivity (Wildman–Crippen MR) is 126 cm³/mol. The maximum Gasteiger partial charge on any atom is 0.253 e. The zero-order valence-electron chi connectivity index (χ0n) is 16.8. The first-order valence-corrected chi connectivity index (χ1v) is 12.0. The Balaban J connectivity index is 1.64. The van der Waals surface area contributed by atoms with Crippen molar-refractivity contribution in [1.82, 2.24) is 10.2 Å². The standard InChI is InChI=1S/C22H25Cl2N3O2S/c1-30-14-9-20(25-21(28)18-8-7-16(23)15-19(18)24)22(29)27-12-10-26(11-13-27)17-5-3-2-4-6-17/h2-8,15,20H,9-14H2,1H3,(H,25,28). The Morgan fingerprint density at radius 2 is 1.77 bits per heavy atom. The molecule has 1 aliphatic heterocycles. The van der Waals surface area contributed by atoms with Gasteiger partial charge in [-0.2, -0.15) is 11.8 Å². The first-order chi connectivity index (χ1) is 14.5. The van der Waals surface area contributed by atoms with E-state index >= 15 is 0 Å². The number of para-hydroxylation sites is 1.